The Hall–Kier alpha value is -1.79. The van der Waals surface area contributed by atoms with E-state index < -0.39 is 17.5 Å². The van der Waals surface area contributed by atoms with Crippen LogP contribution in [0, 0.1) is 11.8 Å². The zero-order valence-electron chi connectivity index (χ0n) is 12.4. The molecule has 2 unspecified atom stereocenters. The molecular formula is C13H23N3O4. The van der Waals surface area contributed by atoms with Crippen LogP contribution in [0.2, 0.25) is 0 Å². The molecule has 1 aliphatic carbocycles. The predicted octanol–water partition coefficient (Wildman–Crippen LogP) is 0.263. The molecule has 7 heteroatoms. The molecule has 0 aliphatic heterocycles. The van der Waals surface area contributed by atoms with Gasteiger partial charge in [0.15, 0.2) is 0 Å². The van der Waals surface area contributed by atoms with Crippen LogP contribution in [-0.2, 0) is 9.59 Å². The van der Waals surface area contributed by atoms with Crippen LogP contribution in [0.25, 0.3) is 0 Å². The third-order valence-corrected chi connectivity index (χ3v) is 3.79. The van der Waals surface area contributed by atoms with Crippen LogP contribution in [0.3, 0.4) is 0 Å². The zero-order valence-corrected chi connectivity index (χ0v) is 12.4. The lowest BCUT2D eigenvalue weighted by Gasteiger charge is -2.30. The topological polar surface area (TPSA) is 98.7 Å². The minimum Gasteiger partial charge on any atom is -0.480 e. The minimum atomic E-state index is -1.23. The van der Waals surface area contributed by atoms with Gasteiger partial charge in [-0.1, -0.05) is 6.92 Å². The van der Waals surface area contributed by atoms with Crippen molar-refractivity contribution in [3.8, 4) is 0 Å². The molecule has 7 nitrogen and oxygen atoms in total. The standard InChI is InChI=1S/C13H23N3O4/c1-8(10(17)14-3)7-16(4)12(20)15-13(2,11(18)19)9-5-6-9/h8-9H,5-7H2,1-4H3,(H,14,17)(H,15,20)(H,18,19). The molecule has 1 fully saturated rings. The van der Waals surface area contributed by atoms with Crippen molar-refractivity contribution in [3.05, 3.63) is 0 Å². The number of rotatable bonds is 6. The lowest BCUT2D eigenvalue weighted by molar-refractivity contribution is -0.144. The average molecular weight is 285 g/mol. The summed E-state index contributed by atoms with van der Waals surface area (Å²) in [5.41, 5.74) is -1.23. The van der Waals surface area contributed by atoms with Gasteiger partial charge in [-0.05, 0) is 25.7 Å². The molecule has 20 heavy (non-hydrogen) atoms. The lowest BCUT2D eigenvalue weighted by atomic mass is 9.96. The fraction of sp³-hybridized carbons (Fsp3) is 0.769. The molecule has 0 spiro atoms. The van der Waals surface area contributed by atoms with Crippen molar-refractivity contribution in [1.82, 2.24) is 15.5 Å². The average Bonchev–Trinajstić information content (AvgIpc) is 3.21. The van der Waals surface area contributed by atoms with E-state index in [2.05, 4.69) is 10.6 Å². The molecule has 0 aromatic rings. The first-order chi connectivity index (χ1) is 9.22. The molecule has 2 atom stereocenters. The van der Waals surface area contributed by atoms with Crippen molar-refractivity contribution in [3.63, 3.8) is 0 Å². The molecule has 114 valence electrons. The number of hydrogen-bond donors (Lipinski definition) is 3. The smallest absolute Gasteiger partial charge is 0.329 e. The second-order valence-electron chi connectivity index (χ2n) is 5.61. The first-order valence-corrected chi connectivity index (χ1v) is 6.70. The Morgan fingerprint density at radius 1 is 1.40 bits per heavy atom. The van der Waals surface area contributed by atoms with Gasteiger partial charge in [0.25, 0.3) is 0 Å². The van der Waals surface area contributed by atoms with Crippen LogP contribution in [0.4, 0.5) is 4.79 Å². The van der Waals surface area contributed by atoms with Crippen molar-refractivity contribution in [1.29, 1.82) is 0 Å². The van der Waals surface area contributed by atoms with Gasteiger partial charge in [-0.3, -0.25) is 4.79 Å². The summed E-state index contributed by atoms with van der Waals surface area (Å²) in [6.45, 7) is 3.46. The summed E-state index contributed by atoms with van der Waals surface area (Å²) in [7, 11) is 3.08. The van der Waals surface area contributed by atoms with E-state index in [0.29, 0.717) is 0 Å². The van der Waals surface area contributed by atoms with Crippen LogP contribution in [0.5, 0.6) is 0 Å². The summed E-state index contributed by atoms with van der Waals surface area (Å²) in [6.07, 6.45) is 1.61. The normalized spacial score (nSPS) is 18.6. The number of carbonyl (C=O) groups excluding carboxylic acids is 2. The minimum absolute atomic E-state index is 0.0197. The fourth-order valence-corrected chi connectivity index (χ4v) is 2.13. The molecule has 1 rings (SSSR count). The summed E-state index contributed by atoms with van der Waals surface area (Å²) >= 11 is 0. The van der Waals surface area contributed by atoms with Crippen LogP contribution in [-0.4, -0.2) is 54.1 Å². The van der Waals surface area contributed by atoms with E-state index in [9.17, 15) is 19.5 Å². The molecule has 3 amide bonds. The second-order valence-corrected chi connectivity index (χ2v) is 5.61. The third kappa shape index (κ3) is 3.61. The number of carbonyl (C=O) groups is 3. The first kappa shape index (κ1) is 16.3. The Labute approximate surface area is 118 Å². The number of nitrogens with one attached hydrogen (secondary N) is 2. The summed E-state index contributed by atoms with van der Waals surface area (Å²) in [6, 6.07) is -0.474. The second kappa shape index (κ2) is 6.11. The number of aliphatic carboxylic acids is 1. The van der Waals surface area contributed by atoms with Crippen molar-refractivity contribution in [2.45, 2.75) is 32.2 Å². The Bertz CT molecular complexity index is 408. The van der Waals surface area contributed by atoms with Gasteiger partial charge in [0.1, 0.15) is 5.54 Å². The molecule has 1 saturated carbocycles. The Kier molecular flexibility index (Phi) is 4.97. The van der Waals surface area contributed by atoms with E-state index in [1.54, 1.807) is 14.0 Å². The molecule has 0 bridgehead atoms. The number of carboxylic acid groups (broad SMARTS) is 1. The number of nitrogens with zero attached hydrogens (tertiary/aromatic N) is 1. The number of amides is 3. The molecule has 0 aromatic heterocycles. The predicted molar refractivity (Wildman–Crippen MR) is 73.2 cm³/mol. The van der Waals surface area contributed by atoms with Crippen LogP contribution < -0.4 is 10.6 Å². The van der Waals surface area contributed by atoms with Gasteiger partial charge < -0.3 is 20.6 Å². The molecule has 3 N–H and O–H groups in total. The fourth-order valence-electron chi connectivity index (χ4n) is 2.13. The monoisotopic (exact) mass is 285 g/mol. The van der Waals surface area contributed by atoms with Crippen LogP contribution in [0.15, 0.2) is 0 Å². The van der Waals surface area contributed by atoms with Crippen molar-refractivity contribution in [2.75, 3.05) is 20.6 Å². The largest absolute Gasteiger partial charge is 0.480 e. The molecule has 0 radical (unpaired) electrons. The summed E-state index contributed by atoms with van der Waals surface area (Å²) < 4.78 is 0. The Balaban J connectivity index is 2.61. The van der Waals surface area contributed by atoms with Gasteiger partial charge in [0.05, 0.1) is 5.92 Å². The van der Waals surface area contributed by atoms with Gasteiger partial charge in [-0.15, -0.1) is 0 Å². The maximum atomic E-state index is 12.1. The summed E-state index contributed by atoms with van der Waals surface area (Å²) in [5.74, 6) is -1.56. The Morgan fingerprint density at radius 2 is 1.95 bits per heavy atom. The molecule has 0 heterocycles. The highest BCUT2D eigenvalue weighted by Gasteiger charge is 2.49. The maximum Gasteiger partial charge on any atom is 0.329 e. The number of hydrogen-bond acceptors (Lipinski definition) is 3. The van der Waals surface area contributed by atoms with Crippen LogP contribution in [0.1, 0.15) is 26.7 Å². The quantitative estimate of drug-likeness (QED) is 0.652. The van der Waals surface area contributed by atoms with Gasteiger partial charge >= 0.3 is 12.0 Å². The highest BCUT2D eigenvalue weighted by Crippen LogP contribution is 2.39. The van der Waals surface area contributed by atoms with Gasteiger partial charge in [0, 0.05) is 20.6 Å². The van der Waals surface area contributed by atoms with Crippen LogP contribution >= 0.6 is 0 Å². The van der Waals surface area contributed by atoms with E-state index in [1.807, 2.05) is 0 Å². The van der Waals surface area contributed by atoms with Gasteiger partial charge in [-0.2, -0.15) is 0 Å². The van der Waals surface area contributed by atoms with Gasteiger partial charge in [-0.25, -0.2) is 9.59 Å². The first-order valence-electron chi connectivity index (χ1n) is 6.70. The summed E-state index contributed by atoms with van der Waals surface area (Å²) in [4.78, 5) is 36.2. The van der Waals surface area contributed by atoms with E-state index in [1.165, 1.54) is 18.9 Å². The molecular weight excluding hydrogens is 262 g/mol. The number of carboxylic acids is 1. The van der Waals surface area contributed by atoms with E-state index in [-0.39, 0.29) is 24.3 Å². The maximum absolute atomic E-state index is 12.1. The third-order valence-electron chi connectivity index (χ3n) is 3.79. The molecule has 0 aromatic carbocycles. The highest BCUT2D eigenvalue weighted by atomic mass is 16.4. The lowest BCUT2D eigenvalue weighted by Crippen LogP contribution is -2.57. The van der Waals surface area contributed by atoms with E-state index >= 15 is 0 Å². The highest BCUT2D eigenvalue weighted by molar-refractivity contribution is 5.87. The van der Waals surface area contributed by atoms with Crippen molar-refractivity contribution >= 4 is 17.9 Å². The molecule has 1 aliphatic rings. The zero-order chi connectivity index (χ0) is 15.5. The SMILES string of the molecule is CNC(=O)C(C)CN(C)C(=O)NC(C)(C(=O)O)C1CC1. The van der Waals surface area contributed by atoms with Crippen molar-refractivity contribution in [2.24, 2.45) is 11.8 Å². The van der Waals surface area contributed by atoms with Crippen molar-refractivity contribution < 1.29 is 19.5 Å². The van der Waals surface area contributed by atoms with E-state index in [4.69, 9.17) is 0 Å². The summed E-state index contributed by atoms with van der Waals surface area (Å²) in [5, 5.41) is 14.4. The molecule has 0 saturated heterocycles. The Morgan fingerprint density at radius 3 is 2.35 bits per heavy atom. The number of urea groups is 1. The van der Waals surface area contributed by atoms with E-state index in [0.717, 1.165) is 12.8 Å². The van der Waals surface area contributed by atoms with Gasteiger partial charge in [0.2, 0.25) is 5.91 Å².